The van der Waals surface area contributed by atoms with E-state index in [2.05, 4.69) is 19.2 Å². The number of rotatable bonds is 32. The van der Waals surface area contributed by atoms with Gasteiger partial charge < -0.3 is 17.7 Å². The van der Waals surface area contributed by atoms with Gasteiger partial charge in [0.1, 0.15) is 0 Å². The zero-order valence-electron chi connectivity index (χ0n) is 25.6. The van der Waals surface area contributed by atoms with Gasteiger partial charge in [-0.2, -0.15) is 0 Å². The lowest BCUT2D eigenvalue weighted by atomic mass is 10.0. The summed E-state index contributed by atoms with van der Waals surface area (Å²) in [6.45, 7) is 7.36. The molecule has 0 fully saturated rings. The Balaban J connectivity index is 0. The number of unbranched alkanes of at least 4 members (excludes halogenated alkanes) is 28. The van der Waals surface area contributed by atoms with Crippen LogP contribution in [0.25, 0.3) is 0 Å². The summed E-state index contributed by atoms with van der Waals surface area (Å²) in [5, 5.41) is 2.59. The van der Waals surface area contributed by atoms with Gasteiger partial charge in [0.05, 0.1) is 13.1 Å². The molecule has 0 aliphatic heterocycles. The number of hydrogen-bond acceptors (Lipinski definition) is 0. The second-order valence-electron chi connectivity index (χ2n) is 11.8. The molecule has 0 spiro atoms. The average Bonchev–Trinajstić information content (AvgIpc) is 2.87. The fourth-order valence-electron chi connectivity index (χ4n) is 5.46. The molecule has 0 rings (SSSR count). The predicted molar refractivity (Wildman–Crippen MR) is 162 cm³/mol. The topological polar surface area (TPSA) is 16.6 Å². The summed E-state index contributed by atoms with van der Waals surface area (Å²) in [5.41, 5.74) is 0. The minimum absolute atomic E-state index is 0. The van der Waals surface area contributed by atoms with Gasteiger partial charge in [0.2, 0.25) is 0 Å². The molecular weight excluding hydrogens is 458 g/mol. The van der Waals surface area contributed by atoms with Crippen molar-refractivity contribution in [3.05, 3.63) is 0 Å². The highest BCUT2D eigenvalue weighted by Gasteiger charge is 1.97. The van der Waals surface area contributed by atoms with Gasteiger partial charge >= 0.3 is 0 Å². The Labute approximate surface area is 236 Å². The lowest BCUT2D eigenvalue weighted by Gasteiger charge is -2.04. The highest BCUT2D eigenvalue weighted by Crippen LogP contribution is 2.14. The Morgan fingerprint density at radius 3 is 0.611 bits per heavy atom. The molecule has 0 bridgehead atoms. The summed E-state index contributed by atoms with van der Waals surface area (Å²) in [5.74, 6) is 0. The third-order valence-corrected chi connectivity index (χ3v) is 8.02. The standard InChI is InChI=1S/C34H71N.ClH/c1-3-5-7-9-11-13-15-17-19-20-22-24-26-28-30-32-34-35-33-31-29-27-25-23-21-18-16-14-12-10-8-6-4-2;/h35H,3-34H2,1-2H3;1H. The van der Waals surface area contributed by atoms with Crippen LogP contribution in [0.1, 0.15) is 206 Å². The van der Waals surface area contributed by atoms with Crippen LogP contribution >= 0.6 is 0 Å². The molecule has 0 radical (unpaired) electrons. The Bertz CT molecular complexity index is 314. The summed E-state index contributed by atoms with van der Waals surface area (Å²) in [7, 11) is 0. The zero-order chi connectivity index (χ0) is 25.3. The van der Waals surface area contributed by atoms with E-state index in [9.17, 15) is 0 Å². The normalized spacial score (nSPS) is 11.2. The molecule has 0 amide bonds. The van der Waals surface area contributed by atoms with Crippen molar-refractivity contribution >= 4 is 0 Å². The molecule has 0 saturated heterocycles. The predicted octanol–water partition coefficient (Wildman–Crippen LogP) is 8.30. The van der Waals surface area contributed by atoms with E-state index in [0.29, 0.717) is 0 Å². The first-order valence-corrected chi connectivity index (χ1v) is 17.2. The van der Waals surface area contributed by atoms with Crippen LogP contribution in [0.3, 0.4) is 0 Å². The second-order valence-corrected chi connectivity index (χ2v) is 11.8. The molecule has 0 aromatic carbocycles. The Morgan fingerprint density at radius 2 is 0.417 bits per heavy atom. The van der Waals surface area contributed by atoms with Crippen LogP contribution in [0.15, 0.2) is 0 Å². The Hall–Kier alpha value is 0.250. The van der Waals surface area contributed by atoms with Gasteiger partial charge in [0.15, 0.2) is 0 Å². The minimum atomic E-state index is 0. The molecule has 0 saturated carbocycles. The lowest BCUT2D eigenvalue weighted by Crippen LogP contribution is -3.00. The van der Waals surface area contributed by atoms with Crippen molar-refractivity contribution in [1.82, 2.24) is 0 Å². The van der Waals surface area contributed by atoms with E-state index in [0.717, 1.165) is 0 Å². The number of nitrogens with two attached hydrogens (primary N) is 1. The third kappa shape index (κ3) is 36.4. The molecule has 0 heterocycles. The monoisotopic (exact) mass is 530 g/mol. The molecule has 2 heteroatoms. The Morgan fingerprint density at radius 1 is 0.250 bits per heavy atom. The maximum atomic E-state index is 2.59. The maximum Gasteiger partial charge on any atom is 0.0755 e. The average molecular weight is 530 g/mol. The van der Waals surface area contributed by atoms with Crippen molar-refractivity contribution in [2.24, 2.45) is 0 Å². The molecular formula is C34H72ClN. The van der Waals surface area contributed by atoms with Crippen molar-refractivity contribution < 1.29 is 17.7 Å². The molecule has 0 aromatic rings. The van der Waals surface area contributed by atoms with Crippen LogP contribution in [-0.2, 0) is 0 Å². The van der Waals surface area contributed by atoms with Gasteiger partial charge in [0.25, 0.3) is 0 Å². The smallest absolute Gasteiger partial charge is 0.0755 e. The molecule has 1 nitrogen and oxygen atoms in total. The van der Waals surface area contributed by atoms with Gasteiger partial charge in [-0.3, -0.25) is 0 Å². The van der Waals surface area contributed by atoms with Crippen LogP contribution in [0.2, 0.25) is 0 Å². The van der Waals surface area contributed by atoms with E-state index < -0.39 is 0 Å². The van der Waals surface area contributed by atoms with Crippen LogP contribution in [0, 0.1) is 0 Å². The first-order valence-electron chi connectivity index (χ1n) is 17.2. The summed E-state index contributed by atoms with van der Waals surface area (Å²) in [6.07, 6.45) is 44.1. The Kier molecular flexibility index (Phi) is 39.9. The molecule has 0 aromatic heterocycles. The van der Waals surface area contributed by atoms with Crippen LogP contribution < -0.4 is 17.7 Å². The largest absolute Gasteiger partial charge is 1.00 e. The fourth-order valence-corrected chi connectivity index (χ4v) is 5.46. The quantitative estimate of drug-likeness (QED) is 0.0843. The highest BCUT2D eigenvalue weighted by molar-refractivity contribution is 4.51. The van der Waals surface area contributed by atoms with Crippen molar-refractivity contribution in [3.8, 4) is 0 Å². The van der Waals surface area contributed by atoms with Gasteiger partial charge in [-0.05, 0) is 25.7 Å². The van der Waals surface area contributed by atoms with Crippen molar-refractivity contribution in [2.45, 2.75) is 206 Å². The maximum absolute atomic E-state index is 2.59. The van der Waals surface area contributed by atoms with Crippen LogP contribution in [0.4, 0.5) is 0 Å². The van der Waals surface area contributed by atoms with E-state index >= 15 is 0 Å². The zero-order valence-corrected chi connectivity index (χ0v) is 26.3. The highest BCUT2D eigenvalue weighted by atomic mass is 35.5. The van der Waals surface area contributed by atoms with Crippen LogP contribution in [-0.4, -0.2) is 13.1 Å². The second kappa shape index (κ2) is 37.4. The number of halogens is 1. The third-order valence-electron chi connectivity index (χ3n) is 8.02. The summed E-state index contributed by atoms with van der Waals surface area (Å²) < 4.78 is 0. The van der Waals surface area contributed by atoms with E-state index in [1.54, 1.807) is 0 Å². The minimum Gasteiger partial charge on any atom is -1.00 e. The van der Waals surface area contributed by atoms with Crippen molar-refractivity contribution in [1.29, 1.82) is 0 Å². The number of quaternary nitrogens is 1. The molecule has 0 aliphatic rings. The summed E-state index contributed by atoms with van der Waals surface area (Å²) in [4.78, 5) is 0. The first-order chi connectivity index (χ1) is 17.4. The molecule has 36 heavy (non-hydrogen) atoms. The van der Waals surface area contributed by atoms with Gasteiger partial charge in [-0.25, -0.2) is 0 Å². The molecule has 0 unspecified atom stereocenters. The van der Waals surface area contributed by atoms with E-state index in [4.69, 9.17) is 0 Å². The summed E-state index contributed by atoms with van der Waals surface area (Å²) in [6, 6.07) is 0. The molecule has 0 aliphatic carbocycles. The molecule has 2 N–H and O–H groups in total. The van der Waals surface area contributed by atoms with E-state index in [1.165, 1.54) is 206 Å². The van der Waals surface area contributed by atoms with Gasteiger partial charge in [0, 0.05) is 0 Å². The number of hydrogen-bond donors (Lipinski definition) is 1. The fraction of sp³-hybridized carbons (Fsp3) is 1.00. The first kappa shape index (κ1) is 38.4. The van der Waals surface area contributed by atoms with Gasteiger partial charge in [-0.15, -0.1) is 0 Å². The SMILES string of the molecule is CCCCCCCCCCCCCCCCCC[NH2+]CCCCCCCCCCCCCCCC.[Cl-]. The molecule has 220 valence electrons. The molecule has 0 atom stereocenters. The summed E-state index contributed by atoms with van der Waals surface area (Å²) >= 11 is 0. The lowest BCUT2D eigenvalue weighted by molar-refractivity contribution is -0.655. The van der Waals surface area contributed by atoms with E-state index in [1.807, 2.05) is 0 Å². The van der Waals surface area contributed by atoms with Gasteiger partial charge in [-0.1, -0.05) is 181 Å². The van der Waals surface area contributed by atoms with Crippen LogP contribution in [0.5, 0.6) is 0 Å². The van der Waals surface area contributed by atoms with Crippen molar-refractivity contribution in [3.63, 3.8) is 0 Å². The van der Waals surface area contributed by atoms with Crippen molar-refractivity contribution in [2.75, 3.05) is 13.1 Å². The van der Waals surface area contributed by atoms with E-state index in [-0.39, 0.29) is 12.4 Å².